The molecule has 9 saturated heterocycles. The lowest BCUT2D eigenvalue weighted by Gasteiger charge is -2.43. The number of halogens is 4. The van der Waals surface area contributed by atoms with E-state index >= 15 is 0 Å². The van der Waals surface area contributed by atoms with Gasteiger partial charge in [0.2, 0.25) is 17.7 Å². The van der Waals surface area contributed by atoms with Gasteiger partial charge in [-0.2, -0.15) is 15.8 Å². The SMILES string of the molecule is C.COc1cc(-c2cc3c(-c4ccc(O[C@H]5CCN(C(=O)CO)CC5(F)F)c(C#N)c4)nccc3[nH]2)ccc1N1CCN(C2COC2)CC1.COc1cc(C2=Cc3c(ncnc3-c3ccc(OC4CCN(C(=O)CO)CC4(F)F)c(C#N)c3)C2)ccc1N1CCN(C2COC2)CC1.N#Cc1cc(-c2nccc3[nH]c(-c4ccc(N5CCN(C6COC6)CC5)cc4)cc23)ccc1OC1CCN(C(=O)CO)CC1. The number of amides is 3. The zero-order chi connectivity index (χ0) is 96.9. The molecule has 14 heterocycles. The number of piperazine rings is 3. The molecule has 36 heteroatoms. The number of carbonyl (C=O) groups is 3. The van der Waals surface area contributed by atoms with Crippen molar-refractivity contribution in [1.82, 2.24) is 59.3 Å². The topological polar surface area (TPSA) is 369 Å². The van der Waals surface area contributed by atoms with E-state index in [2.05, 4.69) is 139 Å². The number of benzene rings is 6. The molecule has 3 amide bonds. The number of anilines is 3. The molecule has 21 rings (SSSR count). The van der Waals surface area contributed by atoms with Gasteiger partial charge in [0.1, 0.15) is 79.2 Å². The molecule has 1 aliphatic carbocycles. The number of piperidine rings is 3. The molecule has 1 unspecified atom stereocenters. The second-order valence-electron chi connectivity index (χ2n) is 36.6. The van der Waals surface area contributed by atoms with E-state index in [-0.39, 0.29) is 68.0 Å². The zero-order valence-corrected chi connectivity index (χ0v) is 77.7. The quantitative estimate of drug-likeness (QED) is 0.0371. The molecule has 9 aliphatic heterocycles. The number of aromatic amines is 2. The van der Waals surface area contributed by atoms with Crippen LogP contribution in [0, 0.1) is 34.0 Å². The predicted molar refractivity (Wildman–Crippen MR) is 521 cm³/mol. The predicted octanol–water partition coefficient (Wildman–Crippen LogP) is 11.4. The summed E-state index contributed by atoms with van der Waals surface area (Å²) in [6.07, 6.45) is 5.47. The third-order valence-corrected chi connectivity index (χ3v) is 28.3. The number of hydrogen-bond acceptors (Lipinski definition) is 27. The molecule has 5 aromatic heterocycles. The van der Waals surface area contributed by atoms with Gasteiger partial charge in [-0.05, 0) is 138 Å². The maximum atomic E-state index is 14.9. The van der Waals surface area contributed by atoms with E-state index in [1.54, 1.807) is 55.8 Å². The van der Waals surface area contributed by atoms with Crippen LogP contribution in [0.2, 0.25) is 0 Å². The number of allylic oxidation sites excluding steroid dienone is 1. The molecule has 0 saturated carbocycles. The van der Waals surface area contributed by atoms with Crippen LogP contribution in [0.15, 0.2) is 158 Å². The highest BCUT2D eigenvalue weighted by atomic mass is 19.3. The van der Waals surface area contributed by atoms with Gasteiger partial charge in [0.15, 0.2) is 12.2 Å². The number of carbonyl (C=O) groups excluding carboxylic acids is 3. The van der Waals surface area contributed by atoms with Gasteiger partial charge in [-0.25, -0.2) is 27.5 Å². The number of H-pyrrole nitrogens is 2. The lowest BCUT2D eigenvalue weighted by atomic mass is 10.0. The van der Waals surface area contributed by atoms with Gasteiger partial charge >= 0.3 is 11.8 Å². The van der Waals surface area contributed by atoms with Gasteiger partial charge in [-0.1, -0.05) is 31.7 Å². The molecule has 0 radical (unpaired) electrons. The Morgan fingerprint density at radius 1 is 0.433 bits per heavy atom. The molecular formula is C105H112F4N18O14. The first-order valence-electron chi connectivity index (χ1n) is 47.4. The average Bonchev–Trinajstić information content (AvgIpc) is 1.58. The van der Waals surface area contributed by atoms with Crippen LogP contribution < -0.4 is 38.4 Å². The Balaban J connectivity index is 0.000000139. The monoisotopic (exact) mass is 1920 g/mol. The van der Waals surface area contributed by atoms with Crippen molar-refractivity contribution >= 4 is 68.2 Å². The summed E-state index contributed by atoms with van der Waals surface area (Å²) in [6, 6.07) is 52.5. The summed E-state index contributed by atoms with van der Waals surface area (Å²) >= 11 is 0. The van der Waals surface area contributed by atoms with E-state index in [1.165, 1.54) is 24.1 Å². The van der Waals surface area contributed by atoms with Crippen molar-refractivity contribution in [3.8, 4) is 103 Å². The van der Waals surface area contributed by atoms with Gasteiger partial charge in [0, 0.05) is 216 Å². The summed E-state index contributed by atoms with van der Waals surface area (Å²) in [5.41, 5.74) is 17.6. The summed E-state index contributed by atoms with van der Waals surface area (Å²) in [5.74, 6) is -6.31. The van der Waals surface area contributed by atoms with E-state index in [9.17, 15) is 47.7 Å². The molecule has 5 N–H and O–H groups in total. The summed E-state index contributed by atoms with van der Waals surface area (Å²) in [5, 5.41) is 58.9. The third kappa shape index (κ3) is 20.9. The summed E-state index contributed by atoms with van der Waals surface area (Å²) < 4.78 is 105. The highest BCUT2D eigenvalue weighted by molar-refractivity contribution is 5.99. The maximum absolute atomic E-state index is 14.9. The molecule has 141 heavy (non-hydrogen) atoms. The first-order valence-corrected chi connectivity index (χ1v) is 47.4. The Labute approximate surface area is 813 Å². The molecule has 0 spiro atoms. The van der Waals surface area contributed by atoms with Gasteiger partial charge in [0.25, 0.3) is 0 Å². The molecule has 9 fully saturated rings. The molecule has 32 nitrogen and oxygen atoms in total. The summed E-state index contributed by atoms with van der Waals surface area (Å²) in [4.78, 5) is 78.8. The number of aromatic nitrogens is 6. The number of methoxy groups -OCH3 is 2. The number of aliphatic hydroxyl groups excluding tert-OH is 3. The number of pyridine rings is 2. The maximum Gasteiger partial charge on any atom is 0.301 e. The van der Waals surface area contributed by atoms with Crippen LogP contribution in [-0.4, -0.2) is 332 Å². The Kier molecular flexibility index (Phi) is 29.5. The van der Waals surface area contributed by atoms with Crippen LogP contribution in [0.25, 0.3) is 89.7 Å². The van der Waals surface area contributed by atoms with E-state index in [0.717, 1.165) is 229 Å². The van der Waals surface area contributed by atoms with E-state index < -0.39 is 68.8 Å². The van der Waals surface area contributed by atoms with Crippen molar-refractivity contribution in [3.05, 3.63) is 192 Å². The minimum atomic E-state index is -3.36. The van der Waals surface area contributed by atoms with Crippen molar-refractivity contribution < 1.29 is 85.2 Å². The number of hydrogen-bond donors (Lipinski definition) is 5. The van der Waals surface area contributed by atoms with Crippen LogP contribution in [0.3, 0.4) is 0 Å². The molecular weight excluding hydrogens is 1810 g/mol. The van der Waals surface area contributed by atoms with Crippen molar-refractivity contribution in [1.29, 1.82) is 15.8 Å². The fourth-order valence-corrected chi connectivity index (χ4v) is 20.0. The fourth-order valence-electron chi connectivity index (χ4n) is 20.0. The van der Waals surface area contributed by atoms with Crippen molar-refractivity contribution in [2.24, 2.45) is 0 Å². The van der Waals surface area contributed by atoms with E-state index in [0.29, 0.717) is 84.3 Å². The highest BCUT2D eigenvalue weighted by Crippen LogP contribution is 2.45. The summed E-state index contributed by atoms with van der Waals surface area (Å²) in [6.45, 7) is 14.0. The fraction of sp³-hybridized carbons (Fsp3) is 0.410. The number of ether oxygens (including phenoxy) is 8. The minimum absolute atomic E-state index is 0. The smallest absolute Gasteiger partial charge is 0.301 e. The number of alkyl halides is 4. The number of rotatable bonds is 23. The third-order valence-electron chi connectivity index (χ3n) is 28.3. The van der Waals surface area contributed by atoms with Crippen molar-refractivity contribution in [2.45, 2.75) is 87.8 Å². The van der Waals surface area contributed by atoms with Gasteiger partial charge in [-0.15, -0.1) is 0 Å². The van der Waals surface area contributed by atoms with E-state index in [4.69, 9.17) is 58.2 Å². The van der Waals surface area contributed by atoms with Crippen molar-refractivity contribution in [3.63, 3.8) is 0 Å². The Morgan fingerprint density at radius 2 is 0.830 bits per heavy atom. The van der Waals surface area contributed by atoms with Gasteiger partial charge in [0.05, 0.1) is 136 Å². The molecule has 2 atom stereocenters. The highest BCUT2D eigenvalue weighted by Gasteiger charge is 2.50. The first-order chi connectivity index (χ1) is 68.1. The first kappa shape index (κ1) is 97.4. The number of fused-ring (bicyclic) bond motifs is 3. The van der Waals surface area contributed by atoms with Gasteiger partial charge < -0.3 is 92.6 Å². The number of likely N-dealkylation sites (tertiary alicyclic amines) is 3. The van der Waals surface area contributed by atoms with Crippen LogP contribution in [0.1, 0.15) is 66.6 Å². The van der Waals surface area contributed by atoms with Crippen LogP contribution in [0.4, 0.5) is 34.6 Å². The Hall–Kier alpha value is -13.8. The minimum Gasteiger partial charge on any atom is -0.495 e. The van der Waals surface area contributed by atoms with E-state index in [1.807, 2.05) is 42.5 Å². The Morgan fingerprint density at radius 3 is 1.26 bits per heavy atom. The summed E-state index contributed by atoms with van der Waals surface area (Å²) in [7, 11) is 3.37. The van der Waals surface area contributed by atoms with Crippen LogP contribution >= 0.6 is 0 Å². The molecule has 734 valence electrons. The average molecular weight is 1930 g/mol. The molecule has 6 aromatic carbocycles. The molecule has 0 bridgehead atoms. The molecule has 11 aromatic rings. The second kappa shape index (κ2) is 42.7. The van der Waals surface area contributed by atoms with Gasteiger partial charge in [-0.3, -0.25) is 39.1 Å². The normalized spacial score (nSPS) is 19.6. The van der Waals surface area contributed by atoms with Crippen molar-refractivity contribution in [2.75, 3.05) is 206 Å². The lowest BCUT2D eigenvalue weighted by molar-refractivity contribution is -0.162. The number of nitriles is 3. The molecule has 10 aliphatic rings. The largest absolute Gasteiger partial charge is 0.495 e. The number of nitrogens with one attached hydrogen (secondary N) is 2. The van der Waals surface area contributed by atoms with Crippen LogP contribution in [0.5, 0.6) is 28.7 Å². The Bertz CT molecular complexity index is 6560. The zero-order valence-electron chi connectivity index (χ0n) is 77.7. The van der Waals surface area contributed by atoms with Crippen LogP contribution in [-0.2, 0) is 35.0 Å². The standard InChI is InChI=1S/2C35H36F2N6O5.C34H36N6O4.CH4/c1-46-31-15-22(2-4-29(31)42-12-10-41(11-13-42)25-19-47-20-25)28-16-26-27(40-28)6-8-39-34(26)23-3-5-30(24(14-23)17-38)48-32-7-9-43(33(45)18-44)21-35(32,36)37;1-46-31-15-22(2-4-29(31)42-10-8-41(9-11-42)26-18-47-19-26)24-13-27-28(14-24)39-21-40-34(27)23-3-5-30(25(12-23)16-38)48-32-6-7-43(33(45)17-44)20-35(32,36)37;35-19-25-17-24(3-6-32(25)44-28-8-11-40(12-9-28)33(42)20-41)34-29-18-31(37-30(29)7-10-36-34)23-1-4-26(5-2-23)38-13-15-39(16-14-38)27-21-43-22-27;/h2-6,8,14-16,25,32,40,44H,7,9-13,18-21H2,1H3;2-5,12-13,15,21,26,32,44H,6-11,14,17-20H2,1H3;1-7,10,17-18,27-28,37,41H,8-9,11-16,20-22H2;1H4/t32-;;;/m0.../s1. The number of nitrogens with zero attached hydrogens (tertiary/aromatic N) is 16. The number of aliphatic hydroxyl groups is 3. The second-order valence-corrected chi connectivity index (χ2v) is 36.6. The lowest BCUT2D eigenvalue weighted by Crippen LogP contribution is -2.56.